The van der Waals surface area contributed by atoms with Gasteiger partial charge in [0, 0.05) is 29.4 Å². The van der Waals surface area contributed by atoms with Gasteiger partial charge in [0.15, 0.2) is 0 Å². The van der Waals surface area contributed by atoms with E-state index in [1.54, 1.807) is 47.4 Å². The van der Waals surface area contributed by atoms with E-state index >= 15 is 0 Å². The number of nitrogens with one attached hydrogen (secondary N) is 3. The second-order valence-corrected chi connectivity index (χ2v) is 7.36. The Hall–Kier alpha value is -3.06. The third-order valence-corrected chi connectivity index (χ3v) is 5.21. The number of hydrogen-bond donors (Lipinski definition) is 3. The first-order chi connectivity index (χ1) is 13.5. The molecule has 3 N–H and O–H groups in total. The Morgan fingerprint density at radius 3 is 2.61 bits per heavy atom. The van der Waals surface area contributed by atoms with E-state index in [0.717, 1.165) is 12.8 Å². The molecule has 8 heteroatoms. The predicted molar refractivity (Wildman–Crippen MR) is 108 cm³/mol. The van der Waals surface area contributed by atoms with Gasteiger partial charge < -0.3 is 20.2 Å². The molecule has 28 heavy (non-hydrogen) atoms. The van der Waals surface area contributed by atoms with Crippen molar-refractivity contribution in [2.24, 2.45) is 5.92 Å². The standard InChI is InChI=1S/C20H19ClN4O3/c21-14-5-3-12(4-6-14)19(27)25-9-1-2-13(11-25)18(26)22-15-7-8-16-17(10-15)24-20(28)23-16/h3-8,10,13H,1-2,9,11H2,(H,22,26)(H2,23,24,28)/t13-/m0/s1. The van der Waals surface area contributed by atoms with Crippen LogP contribution in [-0.2, 0) is 4.79 Å². The molecule has 0 bridgehead atoms. The van der Waals surface area contributed by atoms with Crippen LogP contribution < -0.4 is 11.0 Å². The number of anilines is 1. The van der Waals surface area contributed by atoms with Crippen LogP contribution in [0.3, 0.4) is 0 Å². The summed E-state index contributed by atoms with van der Waals surface area (Å²) in [5.41, 5.74) is 2.19. The summed E-state index contributed by atoms with van der Waals surface area (Å²) in [6.45, 7) is 0.998. The Bertz CT molecular complexity index is 1090. The molecule has 1 saturated heterocycles. The van der Waals surface area contributed by atoms with E-state index in [-0.39, 0.29) is 23.4 Å². The lowest BCUT2D eigenvalue weighted by molar-refractivity contribution is -0.121. The van der Waals surface area contributed by atoms with Crippen LogP contribution in [-0.4, -0.2) is 39.8 Å². The molecule has 2 aromatic carbocycles. The highest BCUT2D eigenvalue weighted by molar-refractivity contribution is 6.30. The topological polar surface area (TPSA) is 98.1 Å². The molecule has 0 spiro atoms. The third kappa shape index (κ3) is 3.80. The number of benzene rings is 2. The molecule has 0 aliphatic carbocycles. The van der Waals surface area contributed by atoms with Crippen molar-refractivity contribution in [1.29, 1.82) is 0 Å². The quantitative estimate of drug-likeness (QED) is 0.632. The molecule has 1 aliphatic rings. The number of carbonyl (C=O) groups excluding carboxylic acids is 2. The van der Waals surface area contributed by atoms with E-state index in [1.165, 1.54) is 0 Å². The Labute approximate surface area is 165 Å². The maximum Gasteiger partial charge on any atom is 0.323 e. The maximum absolute atomic E-state index is 12.7. The molecule has 0 unspecified atom stereocenters. The Kier molecular flexibility index (Phi) is 4.92. The maximum atomic E-state index is 12.7. The average Bonchev–Trinajstić information content (AvgIpc) is 3.07. The van der Waals surface area contributed by atoms with Gasteiger partial charge in [0.05, 0.1) is 17.0 Å². The van der Waals surface area contributed by atoms with Gasteiger partial charge in [-0.1, -0.05) is 11.6 Å². The highest BCUT2D eigenvalue weighted by Crippen LogP contribution is 2.22. The van der Waals surface area contributed by atoms with Crippen LogP contribution in [0, 0.1) is 5.92 Å². The van der Waals surface area contributed by atoms with Crippen LogP contribution >= 0.6 is 11.6 Å². The van der Waals surface area contributed by atoms with Crippen molar-refractivity contribution < 1.29 is 9.59 Å². The highest BCUT2D eigenvalue weighted by atomic mass is 35.5. The number of likely N-dealkylation sites (tertiary alicyclic amines) is 1. The fourth-order valence-electron chi connectivity index (χ4n) is 3.51. The summed E-state index contributed by atoms with van der Waals surface area (Å²) in [4.78, 5) is 43.8. The van der Waals surface area contributed by atoms with Gasteiger partial charge in [-0.3, -0.25) is 9.59 Å². The van der Waals surface area contributed by atoms with Crippen LogP contribution in [0.15, 0.2) is 47.3 Å². The molecule has 4 rings (SSSR count). The van der Waals surface area contributed by atoms with E-state index in [1.807, 2.05) is 0 Å². The molecule has 1 aliphatic heterocycles. The molecular weight excluding hydrogens is 380 g/mol. The number of H-pyrrole nitrogens is 2. The number of carbonyl (C=O) groups is 2. The number of aromatic amines is 2. The van der Waals surface area contributed by atoms with Crippen LogP contribution in [0.4, 0.5) is 5.69 Å². The molecule has 0 saturated carbocycles. The number of halogens is 1. The Balaban J connectivity index is 1.44. The first-order valence-electron chi connectivity index (χ1n) is 9.07. The van der Waals surface area contributed by atoms with Crippen molar-refractivity contribution in [3.8, 4) is 0 Å². The summed E-state index contributed by atoms with van der Waals surface area (Å²) in [6, 6.07) is 11.9. The number of fused-ring (bicyclic) bond motifs is 1. The number of rotatable bonds is 3. The zero-order valence-corrected chi connectivity index (χ0v) is 15.8. The monoisotopic (exact) mass is 398 g/mol. The fraction of sp³-hybridized carbons (Fsp3) is 0.250. The van der Waals surface area contributed by atoms with Crippen molar-refractivity contribution in [1.82, 2.24) is 14.9 Å². The molecule has 3 aromatic rings. The third-order valence-electron chi connectivity index (χ3n) is 4.95. The minimum Gasteiger partial charge on any atom is -0.338 e. The largest absolute Gasteiger partial charge is 0.338 e. The minimum atomic E-state index is -0.290. The summed E-state index contributed by atoms with van der Waals surface area (Å²) in [7, 11) is 0. The number of piperidine rings is 1. The summed E-state index contributed by atoms with van der Waals surface area (Å²) in [5, 5.41) is 3.47. The minimum absolute atomic E-state index is 0.0968. The van der Waals surface area contributed by atoms with Crippen molar-refractivity contribution in [3.05, 3.63) is 63.5 Å². The van der Waals surface area contributed by atoms with E-state index in [0.29, 0.717) is 40.4 Å². The molecule has 2 amide bonds. The molecule has 1 fully saturated rings. The Morgan fingerprint density at radius 2 is 1.82 bits per heavy atom. The van der Waals surface area contributed by atoms with Crippen LogP contribution in [0.2, 0.25) is 5.02 Å². The van der Waals surface area contributed by atoms with Crippen molar-refractivity contribution in [2.75, 3.05) is 18.4 Å². The lowest BCUT2D eigenvalue weighted by Gasteiger charge is -2.32. The summed E-state index contributed by atoms with van der Waals surface area (Å²) < 4.78 is 0. The molecule has 1 atom stereocenters. The van der Waals surface area contributed by atoms with Crippen molar-refractivity contribution >= 4 is 40.1 Å². The number of nitrogens with zero attached hydrogens (tertiary/aromatic N) is 1. The van der Waals surface area contributed by atoms with E-state index in [2.05, 4.69) is 15.3 Å². The Morgan fingerprint density at radius 1 is 1.07 bits per heavy atom. The first-order valence-corrected chi connectivity index (χ1v) is 9.45. The van der Waals surface area contributed by atoms with Crippen LogP contribution in [0.1, 0.15) is 23.2 Å². The normalized spacial score (nSPS) is 16.9. The molecule has 2 heterocycles. The van der Waals surface area contributed by atoms with E-state index in [9.17, 15) is 14.4 Å². The molecule has 1 aromatic heterocycles. The zero-order chi connectivity index (χ0) is 19.7. The lowest BCUT2D eigenvalue weighted by atomic mass is 9.96. The van der Waals surface area contributed by atoms with Gasteiger partial charge in [-0.15, -0.1) is 0 Å². The van der Waals surface area contributed by atoms with Gasteiger partial charge in [-0.05, 0) is 55.3 Å². The van der Waals surface area contributed by atoms with Gasteiger partial charge in [-0.25, -0.2) is 4.79 Å². The van der Waals surface area contributed by atoms with Crippen LogP contribution in [0.5, 0.6) is 0 Å². The van der Waals surface area contributed by atoms with E-state index in [4.69, 9.17) is 11.6 Å². The van der Waals surface area contributed by atoms with Gasteiger partial charge in [0.2, 0.25) is 5.91 Å². The van der Waals surface area contributed by atoms with Crippen molar-refractivity contribution in [2.45, 2.75) is 12.8 Å². The molecule has 0 radical (unpaired) electrons. The van der Waals surface area contributed by atoms with Crippen LogP contribution in [0.25, 0.3) is 11.0 Å². The number of amides is 2. The lowest BCUT2D eigenvalue weighted by Crippen LogP contribution is -2.43. The smallest absolute Gasteiger partial charge is 0.323 e. The van der Waals surface area contributed by atoms with Gasteiger partial charge in [-0.2, -0.15) is 0 Å². The summed E-state index contributed by atoms with van der Waals surface area (Å²) in [6.07, 6.45) is 1.49. The fourth-order valence-corrected chi connectivity index (χ4v) is 3.63. The molecular formula is C20H19ClN4O3. The second-order valence-electron chi connectivity index (χ2n) is 6.93. The number of hydrogen-bond acceptors (Lipinski definition) is 3. The SMILES string of the molecule is O=C(Nc1ccc2[nH]c(=O)[nH]c2c1)[C@H]1CCCN(C(=O)c2ccc(Cl)cc2)C1. The average molecular weight is 399 g/mol. The van der Waals surface area contributed by atoms with Gasteiger partial charge in [0.1, 0.15) is 0 Å². The second kappa shape index (κ2) is 7.52. The van der Waals surface area contributed by atoms with Gasteiger partial charge in [0.25, 0.3) is 5.91 Å². The predicted octanol–water partition coefficient (Wildman–Crippen LogP) is 3.00. The van der Waals surface area contributed by atoms with Gasteiger partial charge >= 0.3 is 5.69 Å². The van der Waals surface area contributed by atoms with E-state index < -0.39 is 0 Å². The summed E-state index contributed by atoms with van der Waals surface area (Å²) >= 11 is 5.88. The molecule has 7 nitrogen and oxygen atoms in total. The zero-order valence-electron chi connectivity index (χ0n) is 15.0. The number of imidazole rings is 1. The first kappa shape index (κ1) is 18.3. The highest BCUT2D eigenvalue weighted by Gasteiger charge is 2.29. The number of aromatic nitrogens is 2. The molecule has 144 valence electrons. The van der Waals surface area contributed by atoms with Crippen molar-refractivity contribution in [3.63, 3.8) is 0 Å². The summed E-state index contributed by atoms with van der Waals surface area (Å²) in [5.74, 6) is -0.516.